The van der Waals surface area contributed by atoms with Gasteiger partial charge in [0.25, 0.3) is 0 Å². The summed E-state index contributed by atoms with van der Waals surface area (Å²) in [5.41, 5.74) is 0.557. The summed E-state index contributed by atoms with van der Waals surface area (Å²) in [4.78, 5) is 29.4. The quantitative estimate of drug-likeness (QED) is 0.754. The second-order valence-electron chi connectivity index (χ2n) is 9.08. The molecule has 30 heavy (non-hydrogen) atoms. The van der Waals surface area contributed by atoms with Crippen LogP contribution >= 0.6 is 0 Å². The summed E-state index contributed by atoms with van der Waals surface area (Å²) in [7, 11) is 0. The van der Waals surface area contributed by atoms with E-state index in [1.807, 2.05) is 40.1 Å². The molecule has 1 spiro atoms. The number of carbonyl (C=O) groups is 2. The fourth-order valence-corrected chi connectivity index (χ4v) is 5.72. The maximum Gasteiger partial charge on any atom is 0.410 e. The van der Waals surface area contributed by atoms with Crippen LogP contribution in [0.1, 0.15) is 50.5 Å². The van der Waals surface area contributed by atoms with E-state index in [-0.39, 0.29) is 36.9 Å². The van der Waals surface area contributed by atoms with Crippen molar-refractivity contribution in [2.75, 3.05) is 19.8 Å². The second-order valence-corrected chi connectivity index (χ2v) is 9.08. The first kappa shape index (κ1) is 19.7. The summed E-state index contributed by atoms with van der Waals surface area (Å²) in [6.07, 6.45) is 5.52. The molecule has 4 saturated heterocycles. The van der Waals surface area contributed by atoms with E-state index in [0.29, 0.717) is 13.2 Å². The van der Waals surface area contributed by atoms with Gasteiger partial charge in [0.15, 0.2) is 0 Å². The van der Waals surface area contributed by atoms with Crippen LogP contribution in [-0.2, 0) is 20.8 Å². The van der Waals surface area contributed by atoms with Crippen molar-refractivity contribution in [2.24, 2.45) is 0 Å². The molecule has 0 saturated carbocycles. The van der Waals surface area contributed by atoms with Crippen molar-refractivity contribution in [2.45, 2.75) is 75.3 Å². The van der Waals surface area contributed by atoms with Crippen molar-refractivity contribution in [1.82, 2.24) is 9.80 Å². The second kappa shape index (κ2) is 8.10. The lowest BCUT2D eigenvalue weighted by molar-refractivity contribution is -0.106. The first-order chi connectivity index (χ1) is 14.6. The minimum absolute atomic E-state index is 0.0921. The van der Waals surface area contributed by atoms with Gasteiger partial charge in [0.2, 0.25) is 0 Å². The Morgan fingerprint density at radius 2 is 1.73 bits per heavy atom. The molecule has 3 atom stereocenters. The Labute approximate surface area is 177 Å². The van der Waals surface area contributed by atoms with Crippen molar-refractivity contribution in [3.8, 4) is 0 Å². The summed E-state index contributed by atoms with van der Waals surface area (Å²) in [5, 5.41) is 0. The molecule has 4 heterocycles. The molecular formula is C23H30N2O5. The van der Waals surface area contributed by atoms with Crippen LogP contribution in [0.25, 0.3) is 0 Å². The zero-order chi connectivity index (χ0) is 20.6. The predicted molar refractivity (Wildman–Crippen MR) is 109 cm³/mol. The number of hydrogen-bond acceptors (Lipinski definition) is 5. The van der Waals surface area contributed by atoms with Gasteiger partial charge in [0.05, 0.1) is 0 Å². The van der Waals surface area contributed by atoms with Gasteiger partial charge in [-0.25, -0.2) is 9.59 Å². The summed E-state index contributed by atoms with van der Waals surface area (Å²) in [6.45, 7) is 2.45. The lowest BCUT2D eigenvalue weighted by Gasteiger charge is -2.50. The topological polar surface area (TPSA) is 68.3 Å². The molecule has 0 radical (unpaired) electrons. The Morgan fingerprint density at radius 1 is 1.03 bits per heavy atom. The lowest BCUT2D eigenvalue weighted by atomic mass is 9.82. The van der Waals surface area contributed by atoms with Crippen molar-refractivity contribution in [1.29, 1.82) is 0 Å². The Hall–Kier alpha value is -2.28. The van der Waals surface area contributed by atoms with E-state index >= 15 is 0 Å². The van der Waals surface area contributed by atoms with Gasteiger partial charge in [-0.2, -0.15) is 0 Å². The summed E-state index contributed by atoms with van der Waals surface area (Å²) in [6, 6.07) is 10.2. The molecule has 5 rings (SSSR count). The van der Waals surface area contributed by atoms with Crippen LogP contribution in [0.2, 0.25) is 0 Å². The fourth-order valence-electron chi connectivity index (χ4n) is 5.72. The van der Waals surface area contributed by atoms with Crippen LogP contribution in [0.5, 0.6) is 0 Å². The minimum Gasteiger partial charge on any atom is -0.445 e. The van der Waals surface area contributed by atoms with Crippen LogP contribution in [0.3, 0.4) is 0 Å². The highest BCUT2D eigenvalue weighted by molar-refractivity contribution is 5.71. The van der Waals surface area contributed by atoms with Gasteiger partial charge >= 0.3 is 12.2 Å². The van der Waals surface area contributed by atoms with Crippen LogP contribution in [0.4, 0.5) is 9.59 Å². The predicted octanol–water partition coefficient (Wildman–Crippen LogP) is 3.71. The van der Waals surface area contributed by atoms with Crippen molar-refractivity contribution in [3.05, 3.63) is 35.9 Å². The zero-order valence-electron chi connectivity index (χ0n) is 17.3. The lowest BCUT2D eigenvalue weighted by Crippen LogP contribution is -2.60. The molecule has 4 aliphatic rings. The average Bonchev–Trinajstić information content (AvgIpc) is 3.05. The van der Waals surface area contributed by atoms with E-state index in [1.165, 1.54) is 0 Å². The molecule has 2 amide bonds. The van der Waals surface area contributed by atoms with Crippen molar-refractivity contribution >= 4 is 12.2 Å². The summed E-state index contributed by atoms with van der Waals surface area (Å²) >= 11 is 0. The molecule has 4 aliphatic heterocycles. The van der Waals surface area contributed by atoms with Crippen molar-refractivity contribution in [3.63, 3.8) is 0 Å². The van der Waals surface area contributed by atoms with Gasteiger partial charge in [0.1, 0.15) is 12.2 Å². The highest BCUT2D eigenvalue weighted by Gasteiger charge is 2.54. The number of nitrogens with zero attached hydrogens (tertiary/aromatic N) is 2. The molecule has 0 N–H and O–H groups in total. The summed E-state index contributed by atoms with van der Waals surface area (Å²) in [5.74, 6) is 0. The van der Waals surface area contributed by atoms with E-state index in [1.54, 1.807) is 0 Å². The molecule has 1 aromatic rings. The van der Waals surface area contributed by atoms with Crippen LogP contribution < -0.4 is 0 Å². The molecule has 2 bridgehead atoms. The van der Waals surface area contributed by atoms with Gasteiger partial charge in [-0.15, -0.1) is 0 Å². The largest absolute Gasteiger partial charge is 0.445 e. The monoisotopic (exact) mass is 414 g/mol. The van der Waals surface area contributed by atoms with Crippen molar-refractivity contribution < 1.29 is 23.8 Å². The zero-order valence-corrected chi connectivity index (χ0v) is 17.3. The Balaban J connectivity index is 1.20. The molecular weight excluding hydrogens is 384 g/mol. The van der Waals surface area contributed by atoms with Crippen LogP contribution in [-0.4, -0.2) is 65.5 Å². The fraction of sp³-hybridized carbons (Fsp3) is 0.652. The number of piperidine rings is 1. The van der Waals surface area contributed by atoms with Crippen LogP contribution in [0, 0.1) is 0 Å². The molecule has 1 unspecified atom stereocenters. The van der Waals surface area contributed by atoms with Crippen LogP contribution in [0.15, 0.2) is 30.3 Å². The standard InChI is InChI=1S/C23H30N2O5/c26-21-24(18-8-12-28-13-9-18)11-10-23(30-21)14-19-6-7-20(15-23)25(19)22(27)29-16-17-4-2-1-3-5-17/h1-5,18-20H,6-16H2/t19-,20+,23?. The number of amides is 2. The highest BCUT2D eigenvalue weighted by Crippen LogP contribution is 2.46. The third kappa shape index (κ3) is 3.75. The van der Waals surface area contributed by atoms with Gasteiger partial charge in [0, 0.05) is 57.1 Å². The smallest absolute Gasteiger partial charge is 0.410 e. The van der Waals surface area contributed by atoms with E-state index in [4.69, 9.17) is 14.2 Å². The van der Waals surface area contributed by atoms with Gasteiger partial charge in [-0.3, -0.25) is 0 Å². The number of hydrogen-bond donors (Lipinski definition) is 0. The first-order valence-corrected chi connectivity index (χ1v) is 11.2. The minimum atomic E-state index is -0.430. The van der Waals surface area contributed by atoms with Gasteiger partial charge in [-0.05, 0) is 31.2 Å². The average molecular weight is 415 g/mol. The van der Waals surface area contributed by atoms with E-state index in [0.717, 1.165) is 57.1 Å². The summed E-state index contributed by atoms with van der Waals surface area (Å²) < 4.78 is 17.1. The Bertz CT molecular complexity index is 765. The molecule has 4 fully saturated rings. The molecule has 7 heteroatoms. The molecule has 7 nitrogen and oxygen atoms in total. The normalized spacial score (nSPS) is 31.7. The van der Waals surface area contributed by atoms with E-state index in [2.05, 4.69) is 0 Å². The number of fused-ring (bicyclic) bond motifs is 2. The maximum absolute atomic E-state index is 12.8. The maximum atomic E-state index is 12.8. The van der Waals surface area contributed by atoms with E-state index < -0.39 is 5.60 Å². The molecule has 1 aromatic carbocycles. The number of ether oxygens (including phenoxy) is 3. The van der Waals surface area contributed by atoms with Gasteiger partial charge in [-0.1, -0.05) is 30.3 Å². The van der Waals surface area contributed by atoms with Gasteiger partial charge < -0.3 is 24.0 Å². The number of carbonyl (C=O) groups excluding carboxylic acids is 2. The third-order valence-electron chi connectivity index (χ3n) is 7.23. The first-order valence-electron chi connectivity index (χ1n) is 11.2. The number of rotatable bonds is 3. The highest BCUT2D eigenvalue weighted by atomic mass is 16.6. The Kier molecular flexibility index (Phi) is 5.31. The Morgan fingerprint density at radius 3 is 2.40 bits per heavy atom. The number of benzene rings is 1. The SMILES string of the molecule is O=C1OC2(CCN1C1CCOCC1)C[C@H]1CC[C@@H](C2)N1C(=O)OCc1ccccc1. The molecule has 0 aromatic heterocycles. The van der Waals surface area contributed by atoms with E-state index in [9.17, 15) is 9.59 Å². The molecule has 0 aliphatic carbocycles. The molecule has 162 valence electrons. The third-order valence-corrected chi connectivity index (χ3v) is 7.23.